The minimum absolute atomic E-state index is 0.00569. The van der Waals surface area contributed by atoms with E-state index in [2.05, 4.69) is 11.9 Å². The lowest BCUT2D eigenvalue weighted by molar-refractivity contribution is 0.0699. The molecule has 0 radical (unpaired) electrons. The molecule has 3 aromatic carbocycles. The van der Waals surface area contributed by atoms with Crippen molar-refractivity contribution < 1.29 is 19.0 Å². The number of pyridine rings is 1. The average Bonchev–Trinajstić information content (AvgIpc) is 2.79. The molecular weight excluding hydrogens is 393 g/mol. The minimum atomic E-state index is -1.13. The number of nitrogens with zero attached hydrogens (tertiary/aromatic N) is 1. The molecule has 1 heterocycles. The second-order valence-electron chi connectivity index (χ2n) is 7.30. The lowest BCUT2D eigenvalue weighted by atomic mass is 9.99. The normalized spacial score (nSPS) is 10.9. The first-order chi connectivity index (χ1) is 15.1. The Morgan fingerprint density at radius 3 is 2.55 bits per heavy atom. The Kier molecular flexibility index (Phi) is 5.94. The highest BCUT2D eigenvalue weighted by atomic mass is 19.1. The third-order valence-corrected chi connectivity index (χ3v) is 5.12. The number of rotatable bonds is 7. The Bertz CT molecular complexity index is 1240. The van der Waals surface area contributed by atoms with Gasteiger partial charge in [0.25, 0.3) is 0 Å². The van der Waals surface area contributed by atoms with Crippen molar-refractivity contribution in [3.8, 4) is 28.1 Å². The Morgan fingerprint density at radius 1 is 1.00 bits per heavy atom. The highest BCUT2D eigenvalue weighted by Crippen LogP contribution is 2.35. The summed E-state index contributed by atoms with van der Waals surface area (Å²) in [6.45, 7) is 2.64. The number of carboxylic acid groups (broad SMARTS) is 1. The van der Waals surface area contributed by atoms with Gasteiger partial charge in [0.2, 0.25) is 0 Å². The summed E-state index contributed by atoms with van der Waals surface area (Å²) in [5.74, 6) is -0.992. The SMILES string of the molecule is CCCCOc1cc(-c2ccccc2)ccc1-c1cc(C(=O)O)c2cc(F)ccc2n1. The van der Waals surface area contributed by atoms with Crippen molar-refractivity contribution in [3.05, 3.63) is 84.2 Å². The summed E-state index contributed by atoms with van der Waals surface area (Å²) in [6, 6.07) is 21.2. The van der Waals surface area contributed by atoms with Crippen LogP contribution >= 0.6 is 0 Å². The van der Waals surface area contributed by atoms with E-state index in [1.807, 2.05) is 48.5 Å². The summed E-state index contributed by atoms with van der Waals surface area (Å²) in [4.78, 5) is 16.5. The number of carboxylic acids is 1. The number of aromatic carboxylic acids is 1. The zero-order valence-corrected chi connectivity index (χ0v) is 17.1. The third-order valence-electron chi connectivity index (χ3n) is 5.12. The first-order valence-corrected chi connectivity index (χ1v) is 10.2. The van der Waals surface area contributed by atoms with E-state index >= 15 is 0 Å². The Morgan fingerprint density at radius 2 is 1.81 bits per heavy atom. The van der Waals surface area contributed by atoms with Gasteiger partial charge in [0.1, 0.15) is 11.6 Å². The fourth-order valence-electron chi connectivity index (χ4n) is 3.50. The van der Waals surface area contributed by atoms with Crippen LogP contribution in [0.1, 0.15) is 30.1 Å². The summed E-state index contributed by atoms with van der Waals surface area (Å²) < 4.78 is 19.8. The molecule has 0 unspecified atom stereocenters. The first-order valence-electron chi connectivity index (χ1n) is 10.2. The molecule has 4 nitrogen and oxygen atoms in total. The number of fused-ring (bicyclic) bond motifs is 1. The highest BCUT2D eigenvalue weighted by molar-refractivity contribution is 6.04. The summed E-state index contributed by atoms with van der Waals surface area (Å²) >= 11 is 0. The van der Waals surface area contributed by atoms with Crippen molar-refractivity contribution in [1.82, 2.24) is 4.98 Å². The Labute approximate surface area is 180 Å². The maximum Gasteiger partial charge on any atom is 0.336 e. The molecule has 0 bridgehead atoms. The highest BCUT2D eigenvalue weighted by Gasteiger charge is 2.17. The van der Waals surface area contributed by atoms with Gasteiger partial charge >= 0.3 is 5.97 Å². The first kappa shape index (κ1) is 20.5. The van der Waals surface area contributed by atoms with Crippen LogP contribution in [0, 0.1) is 5.82 Å². The molecule has 0 spiro atoms. The number of hydrogen-bond acceptors (Lipinski definition) is 3. The lowest BCUT2D eigenvalue weighted by Gasteiger charge is -2.14. The largest absolute Gasteiger partial charge is 0.493 e. The lowest BCUT2D eigenvalue weighted by Crippen LogP contribution is -2.03. The Hall–Kier alpha value is -3.73. The van der Waals surface area contributed by atoms with Gasteiger partial charge in [-0.05, 0) is 53.9 Å². The van der Waals surface area contributed by atoms with Crippen LogP contribution in [0.3, 0.4) is 0 Å². The molecule has 1 aromatic heterocycles. The van der Waals surface area contributed by atoms with Gasteiger partial charge in [0.15, 0.2) is 0 Å². The molecule has 0 aliphatic heterocycles. The van der Waals surface area contributed by atoms with Gasteiger partial charge < -0.3 is 9.84 Å². The van der Waals surface area contributed by atoms with E-state index in [0.29, 0.717) is 29.1 Å². The van der Waals surface area contributed by atoms with E-state index in [1.165, 1.54) is 24.3 Å². The van der Waals surface area contributed by atoms with E-state index in [1.54, 1.807) is 0 Å². The van der Waals surface area contributed by atoms with Gasteiger partial charge in [-0.25, -0.2) is 14.2 Å². The Balaban J connectivity index is 1.87. The smallest absolute Gasteiger partial charge is 0.336 e. The second-order valence-corrected chi connectivity index (χ2v) is 7.30. The van der Waals surface area contributed by atoms with Crippen LogP contribution in [0.4, 0.5) is 4.39 Å². The van der Waals surface area contributed by atoms with Gasteiger partial charge in [-0.1, -0.05) is 49.7 Å². The molecule has 4 aromatic rings. The van der Waals surface area contributed by atoms with Crippen molar-refractivity contribution >= 4 is 16.9 Å². The molecule has 31 heavy (non-hydrogen) atoms. The second kappa shape index (κ2) is 8.96. The topological polar surface area (TPSA) is 59.4 Å². The monoisotopic (exact) mass is 415 g/mol. The minimum Gasteiger partial charge on any atom is -0.493 e. The summed E-state index contributed by atoms with van der Waals surface area (Å²) in [6.07, 6.45) is 1.90. The van der Waals surface area contributed by atoms with E-state index in [4.69, 9.17) is 4.74 Å². The number of ether oxygens (including phenoxy) is 1. The fraction of sp³-hybridized carbons (Fsp3) is 0.154. The van der Waals surface area contributed by atoms with Crippen molar-refractivity contribution in [1.29, 1.82) is 0 Å². The summed E-state index contributed by atoms with van der Waals surface area (Å²) in [7, 11) is 0. The molecule has 0 saturated carbocycles. The number of benzene rings is 3. The number of unbranched alkanes of at least 4 members (excludes halogenated alkanes) is 1. The van der Waals surface area contributed by atoms with Crippen LogP contribution in [0.15, 0.2) is 72.8 Å². The predicted octanol–water partition coefficient (Wildman–Crippen LogP) is 6.59. The maximum atomic E-state index is 13.7. The van der Waals surface area contributed by atoms with Gasteiger partial charge in [-0.2, -0.15) is 0 Å². The van der Waals surface area contributed by atoms with E-state index in [0.717, 1.165) is 24.0 Å². The van der Waals surface area contributed by atoms with Gasteiger partial charge in [0, 0.05) is 10.9 Å². The van der Waals surface area contributed by atoms with Gasteiger partial charge in [0.05, 0.1) is 23.4 Å². The molecule has 1 N–H and O–H groups in total. The van der Waals surface area contributed by atoms with Gasteiger partial charge in [-0.15, -0.1) is 0 Å². The molecule has 4 rings (SSSR count). The number of carbonyl (C=O) groups is 1. The quantitative estimate of drug-likeness (QED) is 0.346. The molecular formula is C26H22FNO3. The fourth-order valence-corrected chi connectivity index (χ4v) is 3.50. The molecule has 156 valence electrons. The van der Waals surface area contributed by atoms with E-state index < -0.39 is 11.8 Å². The standard InChI is InChI=1S/C26H22FNO3/c1-2-3-13-31-25-14-18(17-7-5-4-6-8-17)9-11-20(25)24-16-22(26(29)30)21-15-19(27)10-12-23(21)28-24/h4-12,14-16H,2-3,13H2,1H3,(H,29,30). The molecule has 0 aliphatic carbocycles. The molecule has 0 aliphatic rings. The van der Waals surface area contributed by atoms with Crippen LogP contribution < -0.4 is 4.74 Å². The number of hydrogen-bond donors (Lipinski definition) is 1. The number of halogens is 1. The average molecular weight is 415 g/mol. The zero-order chi connectivity index (χ0) is 21.8. The third kappa shape index (κ3) is 4.40. The van der Waals surface area contributed by atoms with Crippen molar-refractivity contribution in [3.63, 3.8) is 0 Å². The van der Waals surface area contributed by atoms with Crippen LogP contribution in [-0.2, 0) is 0 Å². The van der Waals surface area contributed by atoms with Crippen molar-refractivity contribution in [2.24, 2.45) is 0 Å². The van der Waals surface area contributed by atoms with Crippen molar-refractivity contribution in [2.45, 2.75) is 19.8 Å². The van der Waals surface area contributed by atoms with E-state index in [-0.39, 0.29) is 10.9 Å². The van der Waals surface area contributed by atoms with Crippen LogP contribution in [0.5, 0.6) is 5.75 Å². The molecule has 0 fully saturated rings. The molecule has 0 saturated heterocycles. The number of aromatic nitrogens is 1. The van der Waals surface area contributed by atoms with Crippen LogP contribution in [0.25, 0.3) is 33.3 Å². The molecule has 0 atom stereocenters. The summed E-state index contributed by atoms with van der Waals surface area (Å²) in [5, 5.41) is 9.97. The molecule has 0 amide bonds. The van der Waals surface area contributed by atoms with Crippen LogP contribution in [0.2, 0.25) is 0 Å². The zero-order valence-electron chi connectivity index (χ0n) is 17.1. The van der Waals surface area contributed by atoms with E-state index in [9.17, 15) is 14.3 Å². The van der Waals surface area contributed by atoms with Gasteiger partial charge in [-0.3, -0.25) is 0 Å². The molecule has 5 heteroatoms. The maximum absolute atomic E-state index is 13.7. The predicted molar refractivity (Wildman–Crippen MR) is 120 cm³/mol. The summed E-state index contributed by atoms with van der Waals surface area (Å²) in [5.41, 5.74) is 3.65. The van der Waals surface area contributed by atoms with Crippen molar-refractivity contribution in [2.75, 3.05) is 6.61 Å². The van der Waals surface area contributed by atoms with Crippen LogP contribution in [-0.4, -0.2) is 22.7 Å².